The minimum atomic E-state index is 0.0267. The van der Waals surface area contributed by atoms with Gasteiger partial charge in [0.2, 0.25) is 0 Å². The van der Waals surface area contributed by atoms with E-state index in [0.29, 0.717) is 23.0 Å². The third kappa shape index (κ3) is 3.62. The monoisotopic (exact) mass is 370 g/mol. The number of para-hydroxylation sites is 5. The van der Waals surface area contributed by atoms with Crippen LogP contribution in [0.15, 0.2) is 97.1 Å². The van der Waals surface area contributed by atoms with Gasteiger partial charge in [0.15, 0.2) is 34.5 Å². The summed E-state index contributed by atoms with van der Waals surface area (Å²) in [6, 6.07) is 28.8. The zero-order valence-electron chi connectivity index (χ0n) is 14.9. The molecule has 0 atom stereocenters. The normalized spacial score (nSPS) is 10.4. The van der Waals surface area contributed by atoms with Gasteiger partial charge in [-0.2, -0.15) is 0 Å². The van der Waals surface area contributed by atoms with Gasteiger partial charge in [-0.25, -0.2) is 0 Å². The Kier molecular flexibility index (Phi) is 4.85. The fraction of sp³-hybridized carbons (Fsp3) is 0. The van der Waals surface area contributed by atoms with Crippen LogP contribution in [0.1, 0.15) is 0 Å². The molecule has 0 spiro atoms. The van der Waals surface area contributed by atoms with Gasteiger partial charge in [0.05, 0.1) is 0 Å². The summed E-state index contributed by atoms with van der Waals surface area (Å²) in [6.45, 7) is 0. The summed E-state index contributed by atoms with van der Waals surface area (Å²) in [6.07, 6.45) is 0. The van der Waals surface area contributed by atoms with Crippen LogP contribution in [0.3, 0.4) is 0 Å². The molecule has 4 aromatic carbocycles. The Balaban J connectivity index is 1.84. The first-order chi connectivity index (χ1) is 13.7. The van der Waals surface area contributed by atoms with Crippen molar-refractivity contribution in [1.82, 2.24) is 0 Å². The maximum Gasteiger partial charge on any atom is 0.177 e. The van der Waals surface area contributed by atoms with Crippen LogP contribution in [0.2, 0.25) is 0 Å². The maximum absolute atomic E-state index is 10.2. The first-order valence-electron chi connectivity index (χ1n) is 8.82. The highest BCUT2D eigenvalue weighted by molar-refractivity contribution is 5.75. The Morgan fingerprint density at radius 1 is 0.464 bits per heavy atom. The summed E-state index contributed by atoms with van der Waals surface area (Å²) >= 11 is 0. The molecule has 0 aliphatic carbocycles. The number of aromatic hydroxyl groups is 2. The zero-order chi connectivity index (χ0) is 19.3. The second-order valence-electron chi connectivity index (χ2n) is 6.14. The molecule has 0 unspecified atom stereocenters. The second kappa shape index (κ2) is 7.76. The lowest BCUT2D eigenvalue weighted by molar-refractivity contribution is 0.377. The Bertz CT molecular complexity index is 1090. The van der Waals surface area contributed by atoms with E-state index >= 15 is 0 Å². The molecule has 0 aromatic heterocycles. The minimum absolute atomic E-state index is 0.0267. The van der Waals surface area contributed by atoms with Crippen LogP contribution in [-0.2, 0) is 0 Å². The smallest absolute Gasteiger partial charge is 0.177 e. The van der Waals surface area contributed by atoms with E-state index < -0.39 is 0 Å². The second-order valence-corrected chi connectivity index (χ2v) is 6.14. The van der Waals surface area contributed by atoms with Gasteiger partial charge in [0, 0.05) is 5.56 Å². The van der Waals surface area contributed by atoms with Gasteiger partial charge < -0.3 is 19.7 Å². The standard InChI is InChI=1S/C24H18O4/c25-19-12-4-6-14-21(19)27-23-16-8-11-18(17-9-2-1-3-10-17)24(23)28-22-15-7-5-13-20(22)26/h1-16,25-26H. The van der Waals surface area contributed by atoms with Crippen molar-refractivity contribution in [2.45, 2.75) is 0 Å². The van der Waals surface area contributed by atoms with Crippen molar-refractivity contribution in [2.75, 3.05) is 0 Å². The van der Waals surface area contributed by atoms with Crippen molar-refractivity contribution >= 4 is 0 Å². The molecule has 0 heterocycles. The number of benzene rings is 4. The van der Waals surface area contributed by atoms with Crippen molar-refractivity contribution in [3.8, 4) is 45.6 Å². The van der Waals surface area contributed by atoms with E-state index in [0.717, 1.165) is 11.1 Å². The molecule has 0 fully saturated rings. The van der Waals surface area contributed by atoms with Gasteiger partial charge in [-0.3, -0.25) is 0 Å². The molecule has 138 valence electrons. The van der Waals surface area contributed by atoms with E-state index in [-0.39, 0.29) is 11.5 Å². The van der Waals surface area contributed by atoms with Crippen molar-refractivity contribution in [3.63, 3.8) is 0 Å². The van der Waals surface area contributed by atoms with Gasteiger partial charge in [-0.05, 0) is 35.9 Å². The Morgan fingerprint density at radius 3 is 1.64 bits per heavy atom. The topological polar surface area (TPSA) is 58.9 Å². The summed E-state index contributed by atoms with van der Waals surface area (Å²) in [5.41, 5.74) is 1.74. The third-order valence-electron chi connectivity index (χ3n) is 4.23. The number of phenolic OH excluding ortho intramolecular Hbond substituents is 2. The number of ether oxygens (including phenoxy) is 2. The van der Waals surface area contributed by atoms with Crippen LogP contribution in [0.25, 0.3) is 11.1 Å². The SMILES string of the molecule is Oc1ccccc1Oc1cccc(-c2ccccc2)c1Oc1ccccc1O. The molecule has 0 aliphatic rings. The van der Waals surface area contributed by atoms with Crippen molar-refractivity contribution in [1.29, 1.82) is 0 Å². The molecular formula is C24H18O4. The molecule has 0 radical (unpaired) electrons. The summed E-state index contributed by atoms with van der Waals surface area (Å²) in [4.78, 5) is 0. The van der Waals surface area contributed by atoms with Crippen LogP contribution in [-0.4, -0.2) is 10.2 Å². The Labute approximate surface area is 162 Å². The molecule has 4 rings (SSSR count). The summed E-state index contributed by atoms with van der Waals surface area (Å²) in [5, 5.41) is 20.2. The van der Waals surface area contributed by atoms with Gasteiger partial charge in [-0.15, -0.1) is 0 Å². The number of rotatable bonds is 5. The van der Waals surface area contributed by atoms with Crippen LogP contribution >= 0.6 is 0 Å². The molecule has 4 heteroatoms. The van der Waals surface area contributed by atoms with E-state index in [1.165, 1.54) is 0 Å². The molecule has 4 nitrogen and oxygen atoms in total. The quantitative estimate of drug-likeness (QED) is 0.430. The molecule has 0 amide bonds. The summed E-state index contributed by atoms with van der Waals surface area (Å²) in [5.74, 6) is 1.55. The van der Waals surface area contributed by atoms with Crippen molar-refractivity contribution in [2.24, 2.45) is 0 Å². The predicted octanol–water partition coefficient (Wildman–Crippen LogP) is 6.35. The largest absolute Gasteiger partial charge is 0.504 e. The van der Waals surface area contributed by atoms with E-state index in [1.54, 1.807) is 54.6 Å². The van der Waals surface area contributed by atoms with Gasteiger partial charge in [0.1, 0.15) is 0 Å². The van der Waals surface area contributed by atoms with E-state index in [4.69, 9.17) is 9.47 Å². The summed E-state index contributed by atoms with van der Waals surface area (Å²) in [7, 11) is 0. The molecule has 0 aliphatic heterocycles. The number of hydrogen-bond acceptors (Lipinski definition) is 4. The van der Waals surface area contributed by atoms with Crippen LogP contribution in [0, 0.1) is 0 Å². The van der Waals surface area contributed by atoms with E-state index in [1.807, 2.05) is 42.5 Å². The average molecular weight is 370 g/mol. The molecule has 4 aromatic rings. The van der Waals surface area contributed by atoms with Gasteiger partial charge in [0.25, 0.3) is 0 Å². The fourth-order valence-corrected chi connectivity index (χ4v) is 2.86. The van der Waals surface area contributed by atoms with Gasteiger partial charge >= 0.3 is 0 Å². The Morgan fingerprint density at radius 2 is 1.00 bits per heavy atom. The molecule has 0 saturated heterocycles. The average Bonchev–Trinajstić information content (AvgIpc) is 2.73. The predicted molar refractivity (Wildman–Crippen MR) is 108 cm³/mol. The fourth-order valence-electron chi connectivity index (χ4n) is 2.86. The Hall–Kier alpha value is -3.92. The van der Waals surface area contributed by atoms with Gasteiger partial charge in [-0.1, -0.05) is 66.7 Å². The highest BCUT2D eigenvalue weighted by Crippen LogP contribution is 2.45. The minimum Gasteiger partial charge on any atom is -0.504 e. The lowest BCUT2D eigenvalue weighted by atomic mass is 10.0. The molecule has 0 saturated carbocycles. The van der Waals surface area contributed by atoms with Crippen LogP contribution < -0.4 is 9.47 Å². The zero-order valence-corrected chi connectivity index (χ0v) is 14.9. The third-order valence-corrected chi connectivity index (χ3v) is 4.23. The molecule has 0 bridgehead atoms. The molecule has 28 heavy (non-hydrogen) atoms. The number of phenols is 2. The maximum atomic E-state index is 10.2. The lowest BCUT2D eigenvalue weighted by Gasteiger charge is -2.17. The van der Waals surface area contributed by atoms with Crippen molar-refractivity contribution in [3.05, 3.63) is 97.1 Å². The van der Waals surface area contributed by atoms with Crippen LogP contribution in [0.5, 0.6) is 34.5 Å². The van der Waals surface area contributed by atoms with Crippen molar-refractivity contribution < 1.29 is 19.7 Å². The first kappa shape index (κ1) is 17.5. The van der Waals surface area contributed by atoms with Crippen LogP contribution in [0.4, 0.5) is 0 Å². The highest BCUT2D eigenvalue weighted by Gasteiger charge is 2.17. The van der Waals surface area contributed by atoms with E-state index in [9.17, 15) is 10.2 Å². The number of hydrogen-bond donors (Lipinski definition) is 2. The first-order valence-corrected chi connectivity index (χ1v) is 8.82. The van der Waals surface area contributed by atoms with E-state index in [2.05, 4.69) is 0 Å². The lowest BCUT2D eigenvalue weighted by Crippen LogP contribution is -1.94. The molecular weight excluding hydrogens is 352 g/mol. The summed E-state index contributed by atoms with van der Waals surface area (Å²) < 4.78 is 12.0. The molecule has 2 N–H and O–H groups in total. The highest BCUT2D eigenvalue weighted by atomic mass is 16.5.